The molecule has 1 N–H and O–H groups in total. The molecule has 0 bridgehead atoms. The number of carboxylic acid groups (broad SMARTS) is 1. The monoisotopic (exact) mass is 279 g/mol. The van der Waals surface area contributed by atoms with Crippen molar-refractivity contribution < 1.29 is 14.6 Å². The standard InChI is InChI=1S/C16H25NO3/c1-4-14(17(3)11-10-16(18)19)12-13-6-8-15(9-7-13)20-5-2/h6-9,14H,4-5,10-12H2,1-3H3,(H,18,19). The van der Waals surface area contributed by atoms with E-state index in [2.05, 4.69) is 24.0 Å². The molecule has 4 heteroatoms. The Labute approximate surface area is 121 Å². The van der Waals surface area contributed by atoms with Crippen LogP contribution >= 0.6 is 0 Å². The lowest BCUT2D eigenvalue weighted by Crippen LogP contribution is -2.34. The van der Waals surface area contributed by atoms with Gasteiger partial charge in [0.05, 0.1) is 13.0 Å². The molecule has 20 heavy (non-hydrogen) atoms. The van der Waals surface area contributed by atoms with E-state index >= 15 is 0 Å². The number of rotatable bonds is 9. The lowest BCUT2D eigenvalue weighted by atomic mass is 10.0. The first-order chi connectivity index (χ1) is 9.56. The molecule has 4 nitrogen and oxygen atoms in total. The van der Waals surface area contributed by atoms with Gasteiger partial charge in [0, 0.05) is 12.6 Å². The Morgan fingerprint density at radius 3 is 2.45 bits per heavy atom. The number of likely N-dealkylation sites (N-methyl/N-ethyl adjacent to an activating group) is 1. The van der Waals surface area contributed by atoms with Crippen molar-refractivity contribution in [3.8, 4) is 5.75 Å². The zero-order valence-electron chi connectivity index (χ0n) is 12.6. The molecular weight excluding hydrogens is 254 g/mol. The van der Waals surface area contributed by atoms with Gasteiger partial charge in [-0.2, -0.15) is 0 Å². The van der Waals surface area contributed by atoms with E-state index in [1.165, 1.54) is 5.56 Å². The summed E-state index contributed by atoms with van der Waals surface area (Å²) in [5.74, 6) is 0.149. The van der Waals surface area contributed by atoms with Crippen molar-refractivity contribution >= 4 is 5.97 Å². The van der Waals surface area contributed by atoms with Crippen LogP contribution in [0.2, 0.25) is 0 Å². The second-order valence-corrected chi connectivity index (χ2v) is 4.97. The van der Waals surface area contributed by atoms with Crippen LogP contribution in [-0.4, -0.2) is 42.2 Å². The fraction of sp³-hybridized carbons (Fsp3) is 0.562. The van der Waals surface area contributed by atoms with E-state index < -0.39 is 5.97 Å². The number of hydrogen-bond acceptors (Lipinski definition) is 3. The van der Waals surface area contributed by atoms with E-state index in [-0.39, 0.29) is 6.42 Å². The van der Waals surface area contributed by atoms with Gasteiger partial charge in [-0.3, -0.25) is 4.79 Å². The van der Waals surface area contributed by atoms with E-state index in [1.54, 1.807) is 0 Å². The summed E-state index contributed by atoms with van der Waals surface area (Å²) < 4.78 is 5.43. The van der Waals surface area contributed by atoms with E-state index in [9.17, 15) is 4.79 Å². The molecule has 1 unspecified atom stereocenters. The minimum atomic E-state index is -0.743. The highest BCUT2D eigenvalue weighted by Crippen LogP contribution is 2.16. The van der Waals surface area contributed by atoms with Crippen LogP contribution in [0, 0.1) is 0 Å². The highest BCUT2D eigenvalue weighted by Gasteiger charge is 2.14. The van der Waals surface area contributed by atoms with Crippen molar-refractivity contribution in [1.82, 2.24) is 4.90 Å². The molecule has 112 valence electrons. The van der Waals surface area contributed by atoms with Crippen LogP contribution in [0.5, 0.6) is 5.75 Å². The number of ether oxygens (including phenoxy) is 1. The van der Waals surface area contributed by atoms with E-state index in [4.69, 9.17) is 9.84 Å². The molecule has 1 aromatic carbocycles. The van der Waals surface area contributed by atoms with E-state index in [0.29, 0.717) is 19.2 Å². The largest absolute Gasteiger partial charge is 0.494 e. The first kappa shape index (κ1) is 16.5. The topological polar surface area (TPSA) is 49.8 Å². The van der Waals surface area contributed by atoms with E-state index in [1.807, 2.05) is 26.1 Å². The summed E-state index contributed by atoms with van der Waals surface area (Å²) in [5.41, 5.74) is 1.25. The van der Waals surface area contributed by atoms with Crippen LogP contribution in [0.15, 0.2) is 24.3 Å². The molecular formula is C16H25NO3. The third-order valence-electron chi connectivity index (χ3n) is 3.48. The summed E-state index contributed by atoms with van der Waals surface area (Å²) in [7, 11) is 1.99. The number of carboxylic acids is 1. The average Bonchev–Trinajstić information content (AvgIpc) is 2.44. The van der Waals surface area contributed by atoms with Crippen molar-refractivity contribution in [3.63, 3.8) is 0 Å². The van der Waals surface area contributed by atoms with Gasteiger partial charge in [-0.15, -0.1) is 0 Å². The third-order valence-corrected chi connectivity index (χ3v) is 3.48. The molecule has 0 aliphatic heterocycles. The number of carbonyl (C=O) groups is 1. The van der Waals surface area contributed by atoms with Gasteiger partial charge in [0.15, 0.2) is 0 Å². The molecule has 0 aromatic heterocycles. The zero-order chi connectivity index (χ0) is 15.0. The summed E-state index contributed by atoms with van der Waals surface area (Å²) in [6, 6.07) is 8.51. The van der Waals surface area contributed by atoms with Crippen molar-refractivity contribution in [1.29, 1.82) is 0 Å². The van der Waals surface area contributed by atoms with Gasteiger partial charge in [-0.1, -0.05) is 19.1 Å². The SMILES string of the molecule is CCOc1ccc(CC(CC)N(C)CCC(=O)O)cc1. The highest BCUT2D eigenvalue weighted by molar-refractivity contribution is 5.66. The molecule has 0 heterocycles. The number of benzene rings is 1. The molecule has 1 rings (SSSR count). The van der Waals surface area contributed by atoms with Crippen molar-refractivity contribution in [2.75, 3.05) is 20.2 Å². The van der Waals surface area contributed by atoms with Crippen molar-refractivity contribution in [3.05, 3.63) is 29.8 Å². The van der Waals surface area contributed by atoms with Crippen LogP contribution in [0.3, 0.4) is 0 Å². The van der Waals surface area contributed by atoms with Crippen molar-refractivity contribution in [2.24, 2.45) is 0 Å². The van der Waals surface area contributed by atoms with E-state index in [0.717, 1.165) is 18.6 Å². The molecule has 0 fully saturated rings. The van der Waals surface area contributed by atoms with Gasteiger partial charge in [0.1, 0.15) is 5.75 Å². The summed E-state index contributed by atoms with van der Waals surface area (Å²) in [6.07, 6.45) is 2.12. The van der Waals surface area contributed by atoms with Gasteiger partial charge >= 0.3 is 5.97 Å². The molecule has 1 atom stereocenters. The number of nitrogens with zero attached hydrogens (tertiary/aromatic N) is 1. The lowest BCUT2D eigenvalue weighted by molar-refractivity contribution is -0.137. The second kappa shape index (κ2) is 8.59. The van der Waals surface area contributed by atoms with Gasteiger partial charge in [0.25, 0.3) is 0 Å². The maximum Gasteiger partial charge on any atom is 0.304 e. The van der Waals surface area contributed by atoms with Crippen molar-refractivity contribution in [2.45, 2.75) is 39.2 Å². The molecule has 0 amide bonds. The molecule has 1 aromatic rings. The van der Waals surface area contributed by atoms with Crippen LogP contribution in [0.25, 0.3) is 0 Å². The second-order valence-electron chi connectivity index (χ2n) is 4.97. The molecule has 0 radical (unpaired) electrons. The predicted octanol–water partition coefficient (Wildman–Crippen LogP) is 2.81. The molecule has 0 aliphatic rings. The Morgan fingerprint density at radius 2 is 1.95 bits per heavy atom. The van der Waals surface area contributed by atoms with Crippen LogP contribution < -0.4 is 4.74 Å². The van der Waals surface area contributed by atoms with Crippen LogP contribution in [0.1, 0.15) is 32.3 Å². The first-order valence-electron chi connectivity index (χ1n) is 7.20. The minimum Gasteiger partial charge on any atom is -0.494 e. The van der Waals surface area contributed by atoms with Crippen LogP contribution in [0.4, 0.5) is 0 Å². The lowest BCUT2D eigenvalue weighted by Gasteiger charge is -2.26. The van der Waals surface area contributed by atoms with Gasteiger partial charge < -0.3 is 14.7 Å². The number of hydrogen-bond donors (Lipinski definition) is 1. The molecule has 0 spiro atoms. The summed E-state index contributed by atoms with van der Waals surface area (Å²) in [5, 5.41) is 8.75. The van der Waals surface area contributed by atoms with Crippen LogP contribution in [-0.2, 0) is 11.2 Å². The fourth-order valence-electron chi connectivity index (χ4n) is 2.23. The zero-order valence-corrected chi connectivity index (χ0v) is 12.6. The highest BCUT2D eigenvalue weighted by atomic mass is 16.5. The predicted molar refractivity (Wildman–Crippen MR) is 80.3 cm³/mol. The first-order valence-corrected chi connectivity index (χ1v) is 7.20. The Morgan fingerprint density at radius 1 is 1.30 bits per heavy atom. The van der Waals surface area contributed by atoms with Gasteiger partial charge in [0.2, 0.25) is 0 Å². The Balaban J connectivity index is 2.56. The molecule has 0 saturated carbocycles. The molecule has 0 aliphatic carbocycles. The maximum absolute atomic E-state index is 10.6. The Bertz CT molecular complexity index is 403. The fourth-order valence-corrected chi connectivity index (χ4v) is 2.23. The quantitative estimate of drug-likeness (QED) is 0.755. The Kier molecular flexibility index (Phi) is 7.09. The minimum absolute atomic E-state index is 0.191. The van der Waals surface area contributed by atoms with Gasteiger partial charge in [-0.05, 0) is 44.5 Å². The average molecular weight is 279 g/mol. The number of aliphatic carboxylic acids is 1. The maximum atomic E-state index is 10.6. The smallest absolute Gasteiger partial charge is 0.304 e. The summed E-state index contributed by atoms with van der Waals surface area (Å²) >= 11 is 0. The van der Waals surface area contributed by atoms with Gasteiger partial charge in [-0.25, -0.2) is 0 Å². The summed E-state index contributed by atoms with van der Waals surface area (Å²) in [4.78, 5) is 12.8. The molecule has 0 saturated heterocycles. The Hall–Kier alpha value is -1.55. The third kappa shape index (κ3) is 5.61. The summed E-state index contributed by atoms with van der Waals surface area (Å²) in [6.45, 7) is 5.37. The normalized spacial score (nSPS) is 12.4.